The number of nitrogens with two attached hydrogens (primary N) is 1. The first-order valence-corrected chi connectivity index (χ1v) is 7.19. The molecule has 0 saturated carbocycles. The van der Waals surface area contributed by atoms with Crippen LogP contribution in [0.15, 0.2) is 18.2 Å². The van der Waals surface area contributed by atoms with Crippen LogP contribution in [0, 0.1) is 5.92 Å². The van der Waals surface area contributed by atoms with Crippen LogP contribution in [0.5, 0.6) is 11.5 Å². The summed E-state index contributed by atoms with van der Waals surface area (Å²) in [5, 5.41) is 0. The summed E-state index contributed by atoms with van der Waals surface area (Å²) >= 11 is 0. The molecule has 0 aliphatic heterocycles. The van der Waals surface area contributed by atoms with Crippen molar-refractivity contribution in [1.82, 2.24) is 0 Å². The van der Waals surface area contributed by atoms with Crippen LogP contribution in [0.2, 0.25) is 0 Å². The van der Waals surface area contributed by atoms with Gasteiger partial charge in [0.1, 0.15) is 0 Å². The first-order valence-electron chi connectivity index (χ1n) is 7.19. The molecule has 0 aromatic heterocycles. The summed E-state index contributed by atoms with van der Waals surface area (Å²) in [6, 6.07) is 5.06. The van der Waals surface area contributed by atoms with E-state index in [4.69, 9.17) is 19.9 Å². The standard InChI is InChI=1S/C16H25NO4/c1-5-20-16(18)9-13(17)12-6-7-14(15(8-12)19-4)21-10-11(2)3/h6-8,11,13H,5,9-10,17H2,1-4H3. The highest BCUT2D eigenvalue weighted by molar-refractivity contribution is 5.70. The summed E-state index contributed by atoms with van der Waals surface area (Å²) in [7, 11) is 1.58. The van der Waals surface area contributed by atoms with Gasteiger partial charge in [-0.3, -0.25) is 4.79 Å². The van der Waals surface area contributed by atoms with E-state index in [-0.39, 0.29) is 12.4 Å². The lowest BCUT2D eigenvalue weighted by Crippen LogP contribution is -2.17. The monoisotopic (exact) mass is 295 g/mol. The van der Waals surface area contributed by atoms with Crippen LogP contribution >= 0.6 is 0 Å². The van der Waals surface area contributed by atoms with Gasteiger partial charge < -0.3 is 19.9 Å². The average Bonchev–Trinajstić information content (AvgIpc) is 2.44. The van der Waals surface area contributed by atoms with Crippen molar-refractivity contribution in [2.45, 2.75) is 33.2 Å². The summed E-state index contributed by atoms with van der Waals surface area (Å²) in [5.41, 5.74) is 6.84. The first kappa shape index (κ1) is 17.3. The fraction of sp³-hybridized carbons (Fsp3) is 0.562. The molecule has 2 N–H and O–H groups in total. The van der Waals surface area contributed by atoms with Crippen molar-refractivity contribution in [2.75, 3.05) is 20.3 Å². The number of ether oxygens (including phenoxy) is 3. The number of benzene rings is 1. The van der Waals surface area contributed by atoms with Gasteiger partial charge in [0.05, 0.1) is 26.7 Å². The minimum absolute atomic E-state index is 0.142. The Balaban J connectivity index is 2.78. The molecule has 1 aromatic rings. The van der Waals surface area contributed by atoms with Crippen LogP contribution in [-0.4, -0.2) is 26.3 Å². The summed E-state index contributed by atoms with van der Waals surface area (Å²) < 4.78 is 15.9. The quantitative estimate of drug-likeness (QED) is 0.747. The Morgan fingerprint density at radius 3 is 2.57 bits per heavy atom. The van der Waals surface area contributed by atoms with E-state index in [1.807, 2.05) is 12.1 Å². The molecule has 5 heteroatoms. The Kier molecular flexibility index (Phi) is 7.02. The molecule has 0 radical (unpaired) electrons. The third kappa shape index (κ3) is 5.63. The third-order valence-electron chi connectivity index (χ3n) is 2.88. The molecule has 0 aliphatic rings. The van der Waals surface area contributed by atoms with Crippen LogP contribution in [-0.2, 0) is 9.53 Å². The molecule has 1 atom stereocenters. The number of carbonyl (C=O) groups is 1. The van der Waals surface area contributed by atoms with Crippen molar-refractivity contribution in [3.8, 4) is 11.5 Å². The van der Waals surface area contributed by atoms with Gasteiger partial charge in [0.2, 0.25) is 0 Å². The van der Waals surface area contributed by atoms with E-state index in [0.717, 1.165) is 5.56 Å². The predicted octanol–water partition coefficient (Wildman–Crippen LogP) is 2.68. The maximum absolute atomic E-state index is 11.5. The number of methoxy groups -OCH3 is 1. The van der Waals surface area contributed by atoms with E-state index in [0.29, 0.717) is 30.6 Å². The molecular formula is C16H25NO4. The normalized spacial score (nSPS) is 12.1. The second-order valence-electron chi connectivity index (χ2n) is 5.23. The number of hydrogen-bond acceptors (Lipinski definition) is 5. The Hall–Kier alpha value is -1.75. The van der Waals surface area contributed by atoms with Crippen molar-refractivity contribution >= 4 is 5.97 Å². The first-order chi connectivity index (χ1) is 9.97. The summed E-state index contributed by atoms with van der Waals surface area (Å²) in [5.74, 6) is 1.43. The summed E-state index contributed by atoms with van der Waals surface area (Å²) in [6.07, 6.45) is 0.142. The molecule has 0 heterocycles. The van der Waals surface area contributed by atoms with Gasteiger partial charge in [-0.05, 0) is 30.5 Å². The molecule has 1 unspecified atom stereocenters. The van der Waals surface area contributed by atoms with Crippen LogP contribution in [0.3, 0.4) is 0 Å². The van der Waals surface area contributed by atoms with Crippen molar-refractivity contribution < 1.29 is 19.0 Å². The molecule has 0 spiro atoms. The maximum atomic E-state index is 11.5. The number of rotatable bonds is 8. The largest absolute Gasteiger partial charge is 0.493 e. The lowest BCUT2D eigenvalue weighted by atomic mass is 10.0. The van der Waals surface area contributed by atoms with Crippen LogP contribution in [0.4, 0.5) is 0 Å². The van der Waals surface area contributed by atoms with E-state index in [1.54, 1.807) is 20.1 Å². The Morgan fingerprint density at radius 1 is 1.29 bits per heavy atom. The second-order valence-corrected chi connectivity index (χ2v) is 5.23. The fourth-order valence-corrected chi connectivity index (χ4v) is 1.81. The third-order valence-corrected chi connectivity index (χ3v) is 2.88. The molecule has 0 bridgehead atoms. The van der Waals surface area contributed by atoms with Crippen LogP contribution in [0.25, 0.3) is 0 Å². The zero-order valence-electron chi connectivity index (χ0n) is 13.2. The Bertz CT molecular complexity index is 460. The van der Waals surface area contributed by atoms with Crippen molar-refractivity contribution in [1.29, 1.82) is 0 Å². The number of carbonyl (C=O) groups excluding carboxylic acids is 1. The molecular weight excluding hydrogens is 270 g/mol. The minimum Gasteiger partial charge on any atom is -0.493 e. The number of esters is 1. The zero-order chi connectivity index (χ0) is 15.8. The van der Waals surface area contributed by atoms with Crippen molar-refractivity contribution in [2.24, 2.45) is 11.7 Å². The molecule has 0 saturated heterocycles. The van der Waals surface area contributed by atoms with E-state index >= 15 is 0 Å². The van der Waals surface area contributed by atoms with Gasteiger partial charge in [0, 0.05) is 6.04 Å². The van der Waals surface area contributed by atoms with E-state index in [9.17, 15) is 4.79 Å². The molecule has 0 aliphatic carbocycles. The van der Waals surface area contributed by atoms with Crippen molar-refractivity contribution in [3.05, 3.63) is 23.8 Å². The van der Waals surface area contributed by atoms with Gasteiger partial charge in [-0.1, -0.05) is 19.9 Å². The second kappa shape index (κ2) is 8.52. The highest BCUT2D eigenvalue weighted by Crippen LogP contribution is 2.31. The number of hydrogen-bond donors (Lipinski definition) is 1. The zero-order valence-corrected chi connectivity index (χ0v) is 13.2. The van der Waals surface area contributed by atoms with Gasteiger partial charge in [-0.15, -0.1) is 0 Å². The summed E-state index contributed by atoms with van der Waals surface area (Å²) in [6.45, 7) is 6.90. The smallest absolute Gasteiger partial charge is 0.307 e. The fourth-order valence-electron chi connectivity index (χ4n) is 1.81. The molecule has 0 fully saturated rings. The molecule has 1 rings (SSSR count). The van der Waals surface area contributed by atoms with E-state index < -0.39 is 6.04 Å². The maximum Gasteiger partial charge on any atom is 0.307 e. The van der Waals surface area contributed by atoms with E-state index in [1.165, 1.54) is 0 Å². The Morgan fingerprint density at radius 2 is 2.00 bits per heavy atom. The summed E-state index contributed by atoms with van der Waals surface area (Å²) in [4.78, 5) is 11.5. The van der Waals surface area contributed by atoms with Gasteiger partial charge in [0.15, 0.2) is 11.5 Å². The van der Waals surface area contributed by atoms with Crippen molar-refractivity contribution in [3.63, 3.8) is 0 Å². The highest BCUT2D eigenvalue weighted by Gasteiger charge is 2.15. The van der Waals surface area contributed by atoms with Gasteiger partial charge in [0.25, 0.3) is 0 Å². The molecule has 1 aromatic carbocycles. The SMILES string of the molecule is CCOC(=O)CC(N)c1ccc(OCC(C)C)c(OC)c1. The molecule has 21 heavy (non-hydrogen) atoms. The average molecular weight is 295 g/mol. The minimum atomic E-state index is -0.419. The van der Waals surface area contributed by atoms with E-state index in [2.05, 4.69) is 13.8 Å². The van der Waals surface area contributed by atoms with Gasteiger partial charge >= 0.3 is 5.97 Å². The van der Waals surface area contributed by atoms with Crippen LogP contribution in [0.1, 0.15) is 38.8 Å². The van der Waals surface area contributed by atoms with Gasteiger partial charge in [-0.2, -0.15) is 0 Å². The van der Waals surface area contributed by atoms with Gasteiger partial charge in [-0.25, -0.2) is 0 Å². The molecule has 0 amide bonds. The lowest BCUT2D eigenvalue weighted by molar-refractivity contribution is -0.143. The highest BCUT2D eigenvalue weighted by atomic mass is 16.5. The predicted molar refractivity (Wildman–Crippen MR) is 81.5 cm³/mol. The Labute approximate surface area is 126 Å². The topological polar surface area (TPSA) is 70.8 Å². The molecule has 5 nitrogen and oxygen atoms in total. The molecule has 118 valence electrons. The lowest BCUT2D eigenvalue weighted by Gasteiger charge is -2.16. The van der Waals surface area contributed by atoms with Crippen LogP contribution < -0.4 is 15.2 Å².